The van der Waals surface area contributed by atoms with Gasteiger partial charge in [-0.1, -0.05) is 157 Å². The molecule has 2 atom stereocenters. The zero-order valence-electron chi connectivity index (χ0n) is 37.3. The van der Waals surface area contributed by atoms with Gasteiger partial charge in [-0.05, 0) is 77.0 Å². The molecule has 0 aliphatic rings. The monoisotopic (exact) mass is 821 g/mol. The van der Waals surface area contributed by atoms with Gasteiger partial charge >= 0.3 is 13.8 Å². The number of carbonyl (C=O) groups is 1. The van der Waals surface area contributed by atoms with Crippen molar-refractivity contribution in [1.82, 2.24) is 0 Å². The smallest absolute Gasteiger partial charge is 0.457 e. The number of hydrogen-bond donors (Lipinski definition) is 1. The lowest BCUT2D eigenvalue weighted by Gasteiger charge is -2.24. The summed E-state index contributed by atoms with van der Waals surface area (Å²) in [5.41, 5.74) is 0. The van der Waals surface area contributed by atoms with Crippen LogP contribution < -0.4 is 0 Å². The molecule has 0 fully saturated rings. The lowest BCUT2D eigenvalue weighted by Crippen LogP contribution is -2.37. The van der Waals surface area contributed by atoms with E-state index in [1.165, 1.54) is 64.2 Å². The summed E-state index contributed by atoms with van der Waals surface area (Å²) in [5, 5.41) is 0. The number of ether oxygens (including phenoxy) is 2. The van der Waals surface area contributed by atoms with Crippen molar-refractivity contribution in [3.8, 4) is 0 Å². The first-order valence-corrected chi connectivity index (χ1v) is 24.2. The molecular formula is C48H87NO7P+. The van der Waals surface area contributed by atoms with Gasteiger partial charge in [-0.2, -0.15) is 0 Å². The molecule has 0 amide bonds. The first kappa shape index (κ1) is 54.9. The molecule has 0 bridgehead atoms. The molecule has 0 aliphatic carbocycles. The van der Waals surface area contributed by atoms with E-state index in [9.17, 15) is 14.3 Å². The first-order valence-electron chi connectivity index (χ1n) is 22.7. The molecule has 0 radical (unpaired) electrons. The summed E-state index contributed by atoms with van der Waals surface area (Å²) in [7, 11) is 1.64. The molecule has 0 aliphatic heterocycles. The summed E-state index contributed by atoms with van der Waals surface area (Å²) in [5.74, 6) is -0.329. The second kappa shape index (κ2) is 40.7. The average molecular weight is 821 g/mol. The second-order valence-electron chi connectivity index (χ2n) is 16.0. The Labute approximate surface area is 351 Å². The van der Waals surface area contributed by atoms with Gasteiger partial charge in [0.15, 0.2) is 0 Å². The van der Waals surface area contributed by atoms with E-state index in [1.54, 1.807) is 0 Å². The summed E-state index contributed by atoms with van der Waals surface area (Å²) >= 11 is 0. The molecule has 330 valence electrons. The number of likely N-dealkylation sites (N-methyl/N-ethyl adjacent to an activating group) is 1. The lowest BCUT2D eigenvalue weighted by atomic mass is 10.1. The maximum atomic E-state index is 12.7. The van der Waals surface area contributed by atoms with Crippen molar-refractivity contribution >= 4 is 13.8 Å². The first-order chi connectivity index (χ1) is 27.6. The van der Waals surface area contributed by atoms with Crippen molar-refractivity contribution in [2.45, 2.75) is 174 Å². The number of esters is 1. The maximum absolute atomic E-state index is 12.7. The topological polar surface area (TPSA) is 91.3 Å². The van der Waals surface area contributed by atoms with Gasteiger partial charge in [0.25, 0.3) is 0 Å². The summed E-state index contributed by atoms with van der Waals surface area (Å²) < 4.78 is 35.0. The fourth-order valence-corrected chi connectivity index (χ4v) is 6.56. The van der Waals surface area contributed by atoms with Crippen LogP contribution in [0.1, 0.15) is 168 Å². The van der Waals surface area contributed by atoms with Crippen LogP contribution in [0.2, 0.25) is 0 Å². The van der Waals surface area contributed by atoms with E-state index in [4.69, 9.17) is 18.5 Å². The van der Waals surface area contributed by atoms with Crippen LogP contribution in [0.5, 0.6) is 0 Å². The van der Waals surface area contributed by atoms with E-state index in [1.807, 2.05) is 21.1 Å². The minimum absolute atomic E-state index is 0.0812. The molecule has 9 heteroatoms. The molecule has 0 aromatic heterocycles. The largest absolute Gasteiger partial charge is 0.472 e. The van der Waals surface area contributed by atoms with Crippen LogP contribution >= 0.6 is 7.82 Å². The van der Waals surface area contributed by atoms with Gasteiger partial charge in [0.05, 0.1) is 34.4 Å². The normalized spacial score (nSPS) is 14.4. The highest BCUT2D eigenvalue weighted by Gasteiger charge is 2.26. The Morgan fingerprint density at radius 1 is 0.544 bits per heavy atom. The quantitative estimate of drug-likeness (QED) is 0.0216. The van der Waals surface area contributed by atoms with E-state index >= 15 is 0 Å². The Morgan fingerprint density at radius 2 is 0.965 bits per heavy atom. The molecule has 0 rings (SSSR count). The molecule has 57 heavy (non-hydrogen) atoms. The number of carbonyl (C=O) groups excluding carboxylic acids is 1. The minimum Gasteiger partial charge on any atom is -0.457 e. The number of nitrogens with zero attached hydrogens (tertiary/aromatic N) is 1. The van der Waals surface area contributed by atoms with Crippen molar-refractivity contribution in [3.63, 3.8) is 0 Å². The van der Waals surface area contributed by atoms with Gasteiger partial charge in [-0.3, -0.25) is 13.8 Å². The van der Waals surface area contributed by atoms with Gasteiger partial charge < -0.3 is 18.9 Å². The van der Waals surface area contributed by atoms with Crippen LogP contribution in [-0.2, 0) is 27.9 Å². The summed E-state index contributed by atoms with van der Waals surface area (Å²) in [6, 6.07) is 0. The number of phosphoric acid groups is 1. The molecule has 2 unspecified atom stereocenters. The molecule has 0 heterocycles. The van der Waals surface area contributed by atoms with E-state index in [-0.39, 0.29) is 25.8 Å². The lowest BCUT2D eigenvalue weighted by molar-refractivity contribution is -0.870. The minimum atomic E-state index is -4.28. The van der Waals surface area contributed by atoms with Crippen LogP contribution in [0.4, 0.5) is 0 Å². The molecule has 8 nitrogen and oxygen atoms in total. The van der Waals surface area contributed by atoms with Gasteiger partial charge in [-0.15, -0.1) is 0 Å². The average Bonchev–Trinajstić information content (AvgIpc) is 3.16. The fourth-order valence-electron chi connectivity index (χ4n) is 5.82. The van der Waals surface area contributed by atoms with Crippen LogP contribution in [0.3, 0.4) is 0 Å². The van der Waals surface area contributed by atoms with Crippen molar-refractivity contribution in [1.29, 1.82) is 0 Å². The Morgan fingerprint density at radius 3 is 1.44 bits per heavy atom. The Kier molecular flexibility index (Phi) is 39.2. The summed E-state index contributed by atoms with van der Waals surface area (Å²) in [4.78, 5) is 22.9. The predicted molar refractivity (Wildman–Crippen MR) is 242 cm³/mol. The highest BCUT2D eigenvalue weighted by molar-refractivity contribution is 7.47. The third-order valence-corrected chi connectivity index (χ3v) is 10.2. The van der Waals surface area contributed by atoms with Crippen molar-refractivity contribution in [2.75, 3.05) is 54.1 Å². The Bertz CT molecular complexity index is 1140. The van der Waals surface area contributed by atoms with Gasteiger partial charge in [0.2, 0.25) is 0 Å². The maximum Gasteiger partial charge on any atom is 0.472 e. The van der Waals surface area contributed by atoms with E-state index in [0.717, 1.165) is 83.5 Å². The fraction of sp³-hybridized carbons (Fsp3) is 0.729. The van der Waals surface area contributed by atoms with E-state index in [0.29, 0.717) is 24.1 Å². The van der Waals surface area contributed by atoms with Crippen molar-refractivity contribution in [2.24, 2.45) is 0 Å². The van der Waals surface area contributed by atoms with E-state index < -0.39 is 13.9 Å². The number of quaternary nitrogens is 1. The number of rotatable bonds is 41. The second-order valence-corrected chi connectivity index (χ2v) is 17.5. The van der Waals surface area contributed by atoms with Gasteiger partial charge in [0.1, 0.15) is 19.3 Å². The molecular weight excluding hydrogens is 734 g/mol. The molecule has 0 aromatic carbocycles. The van der Waals surface area contributed by atoms with Crippen molar-refractivity contribution < 1.29 is 37.3 Å². The molecule has 0 saturated heterocycles. The predicted octanol–water partition coefficient (Wildman–Crippen LogP) is 13.5. The standard InChI is InChI=1S/C48H86NO7P/c1-6-8-10-12-14-16-18-20-22-24-26-28-30-32-34-36-38-40-43-53-45-47(46-55-57(51,52)54-44-42-49(3,4)5)56-48(50)41-39-37-35-33-31-29-27-25-23-21-19-17-15-13-11-9-7-2/h8-11,14-17,20-23,47H,6-7,12-13,18-19,24-46H2,1-5H3/p+1/b10-8-,11-9-,16-14-,17-15-,22-20-,23-21-. The zero-order valence-corrected chi connectivity index (χ0v) is 38.2. The number of allylic oxidation sites excluding steroid dienone is 12. The highest BCUT2D eigenvalue weighted by Crippen LogP contribution is 2.43. The Balaban J connectivity index is 4.25. The highest BCUT2D eigenvalue weighted by atomic mass is 31.2. The van der Waals surface area contributed by atoms with Gasteiger partial charge in [0, 0.05) is 13.0 Å². The van der Waals surface area contributed by atoms with Crippen molar-refractivity contribution in [3.05, 3.63) is 72.9 Å². The van der Waals surface area contributed by atoms with E-state index in [2.05, 4.69) is 86.8 Å². The molecule has 0 spiro atoms. The zero-order chi connectivity index (χ0) is 42.0. The number of phosphoric ester groups is 1. The van der Waals surface area contributed by atoms with Gasteiger partial charge in [-0.25, -0.2) is 4.57 Å². The van der Waals surface area contributed by atoms with Crippen LogP contribution in [0.15, 0.2) is 72.9 Å². The molecule has 0 aromatic rings. The SMILES string of the molecule is CC/C=C\C/C=C\C/C=C\CCCCCCCCCCOCC(COP(=O)(O)OCC[N+](C)(C)C)OC(=O)CCCCCCCCC/C=C\C/C=C\C/C=C\CC. The summed E-state index contributed by atoms with van der Waals surface area (Å²) in [6.07, 6.45) is 52.2. The third kappa shape index (κ3) is 44.9. The third-order valence-electron chi connectivity index (χ3n) is 9.26. The molecule has 1 N–H and O–H groups in total. The Hall–Kier alpha value is -2.06. The van der Waals surface area contributed by atoms with Crippen LogP contribution in [-0.4, -0.2) is 75.6 Å². The summed E-state index contributed by atoms with van der Waals surface area (Å²) in [6.45, 7) is 5.36. The number of unbranched alkanes of at least 4 members (excludes halogenated alkanes) is 15. The van der Waals surface area contributed by atoms with Crippen LogP contribution in [0.25, 0.3) is 0 Å². The molecule has 0 saturated carbocycles. The number of hydrogen-bond acceptors (Lipinski definition) is 6. The van der Waals surface area contributed by atoms with Crippen LogP contribution in [0, 0.1) is 0 Å².